The van der Waals surface area contributed by atoms with E-state index < -0.39 is 6.03 Å². The zero-order chi connectivity index (χ0) is 24.4. The second-order valence-electron chi connectivity index (χ2n) is 10.7. The fraction of sp³-hybridized carbons (Fsp3) is 0.273. The van der Waals surface area contributed by atoms with Gasteiger partial charge in [-0.2, -0.15) is 0 Å². The molecule has 4 aliphatic rings. The fourth-order valence-corrected chi connectivity index (χ4v) is 7.08. The number of nitrogens with zero attached hydrogens (tertiary/aromatic N) is 2. The molecule has 4 aromatic carbocycles. The minimum atomic E-state index is -0.935. The van der Waals surface area contributed by atoms with E-state index in [1.807, 2.05) is 0 Å². The lowest BCUT2D eigenvalue weighted by Gasteiger charge is -2.49. The van der Waals surface area contributed by atoms with Gasteiger partial charge in [-0.05, 0) is 24.0 Å². The highest BCUT2D eigenvalue weighted by Crippen LogP contribution is 2.54. The fourth-order valence-electron chi connectivity index (χ4n) is 7.08. The zero-order valence-electron chi connectivity index (χ0n) is 20.8. The highest BCUT2D eigenvalue weighted by molar-refractivity contribution is 5.74. The van der Waals surface area contributed by atoms with Crippen LogP contribution in [0, 0.1) is 0 Å². The predicted molar refractivity (Wildman–Crippen MR) is 145 cm³/mol. The molecule has 3 aliphatic heterocycles. The second-order valence-corrected chi connectivity index (χ2v) is 10.7. The van der Waals surface area contributed by atoms with E-state index in [1.54, 1.807) is 0 Å². The Kier molecular flexibility index (Phi) is 4.76. The number of hydrogen-bond acceptors (Lipinski definition) is 4. The quantitative estimate of drug-likeness (QED) is 0.303. The maximum atomic E-state index is 7.20. The Morgan fingerprint density at radius 2 is 1.00 bits per heavy atom. The molecule has 0 bridgehead atoms. The van der Waals surface area contributed by atoms with Gasteiger partial charge >= 0.3 is 6.03 Å². The lowest BCUT2D eigenvalue weighted by atomic mass is 9.89. The maximum absolute atomic E-state index is 7.20. The minimum Gasteiger partial charge on any atom is -0.426 e. The van der Waals surface area contributed by atoms with Crippen molar-refractivity contribution in [2.45, 2.75) is 56.9 Å². The first kappa shape index (κ1) is 21.5. The number of hydrogen-bond donors (Lipinski definition) is 0. The molecule has 37 heavy (non-hydrogen) atoms. The molecule has 1 saturated carbocycles. The summed E-state index contributed by atoms with van der Waals surface area (Å²) in [5.41, 5.74) is 7.09. The van der Waals surface area contributed by atoms with Crippen LogP contribution in [0.25, 0.3) is 22.3 Å². The van der Waals surface area contributed by atoms with E-state index in [0.717, 1.165) is 35.7 Å². The monoisotopic (exact) mass is 486 g/mol. The molecule has 3 atom stereocenters. The van der Waals surface area contributed by atoms with Crippen LogP contribution < -0.4 is 9.47 Å². The number of rotatable bonds is 2. The van der Waals surface area contributed by atoms with Crippen molar-refractivity contribution in [3.63, 3.8) is 0 Å². The third kappa shape index (κ3) is 3.16. The molecule has 4 aromatic rings. The van der Waals surface area contributed by atoms with Gasteiger partial charge in [-0.3, -0.25) is 0 Å². The summed E-state index contributed by atoms with van der Waals surface area (Å²) in [6, 6.07) is 34.2. The Morgan fingerprint density at radius 1 is 0.541 bits per heavy atom. The van der Waals surface area contributed by atoms with Gasteiger partial charge in [0.2, 0.25) is 0 Å². The van der Waals surface area contributed by atoms with Crippen LogP contribution in [0.2, 0.25) is 0 Å². The van der Waals surface area contributed by atoms with E-state index in [4.69, 9.17) is 9.47 Å². The van der Waals surface area contributed by atoms with E-state index in [-0.39, 0.29) is 0 Å². The summed E-state index contributed by atoms with van der Waals surface area (Å²) in [6.45, 7) is 1.66. The van der Waals surface area contributed by atoms with Gasteiger partial charge < -0.3 is 9.47 Å². The van der Waals surface area contributed by atoms with Crippen LogP contribution in [-0.2, 0) is 13.1 Å². The van der Waals surface area contributed by atoms with Crippen molar-refractivity contribution in [2.75, 3.05) is 0 Å². The number of para-hydroxylation sites is 2. The largest absolute Gasteiger partial charge is 0.426 e. The summed E-state index contributed by atoms with van der Waals surface area (Å²) in [5, 5.41) is 0. The molecule has 0 radical (unpaired) electrons. The molecule has 0 N–H and O–H groups in total. The van der Waals surface area contributed by atoms with Crippen LogP contribution in [0.1, 0.15) is 36.8 Å². The summed E-state index contributed by atoms with van der Waals surface area (Å²) in [6.07, 6.45) is 4.90. The molecule has 3 heterocycles. The predicted octanol–water partition coefficient (Wildman–Crippen LogP) is 7.05. The van der Waals surface area contributed by atoms with Crippen LogP contribution >= 0.6 is 0 Å². The molecule has 2 fully saturated rings. The molecule has 1 aliphatic carbocycles. The normalized spacial score (nSPS) is 26.1. The van der Waals surface area contributed by atoms with Gasteiger partial charge in [0.1, 0.15) is 11.5 Å². The number of fused-ring (bicyclic) bond motifs is 5. The summed E-state index contributed by atoms with van der Waals surface area (Å²) in [7, 11) is 0. The van der Waals surface area contributed by atoms with Gasteiger partial charge in [-0.15, -0.1) is 0 Å². The summed E-state index contributed by atoms with van der Waals surface area (Å²) in [5.74, 6) is 1.91. The Bertz CT molecular complexity index is 1360. The average Bonchev–Trinajstić information content (AvgIpc) is 3.24. The molecule has 1 saturated heterocycles. The third-order valence-electron chi connectivity index (χ3n) is 8.73. The van der Waals surface area contributed by atoms with Crippen LogP contribution in [0.3, 0.4) is 0 Å². The van der Waals surface area contributed by atoms with E-state index in [2.05, 4.69) is 107 Å². The first-order chi connectivity index (χ1) is 18.3. The third-order valence-corrected chi connectivity index (χ3v) is 8.73. The van der Waals surface area contributed by atoms with E-state index >= 15 is 0 Å². The molecule has 8 rings (SSSR count). The van der Waals surface area contributed by atoms with Gasteiger partial charge in [-0.25, -0.2) is 9.80 Å². The lowest BCUT2D eigenvalue weighted by molar-refractivity contribution is -0.307. The van der Waals surface area contributed by atoms with Gasteiger partial charge in [-0.1, -0.05) is 110 Å². The topological polar surface area (TPSA) is 24.9 Å². The van der Waals surface area contributed by atoms with Gasteiger partial charge in [0.05, 0.1) is 0 Å². The molecule has 4 heteroatoms. The van der Waals surface area contributed by atoms with Crippen molar-refractivity contribution in [1.82, 2.24) is 9.80 Å². The molecule has 0 amide bonds. The smallest absolute Gasteiger partial charge is 0.388 e. The lowest BCUT2D eigenvalue weighted by Crippen LogP contribution is -2.66. The Balaban J connectivity index is 1.31. The standard InChI is InChI=1S/C33H30N2O2/c1-3-11-23(12-4-1)27-17-9-15-25-21-34-29-19-7-8-20-30(29)35-22-26-16-10-18-28(24-13-5-2-6-14-24)32(26)37-33(34,35)36-31(25)27/h1-6,9-18,29-30H,7-8,19-22H2/t29-,30?,33?/m1/s1. The van der Waals surface area contributed by atoms with E-state index in [0.29, 0.717) is 12.1 Å². The molecule has 0 aromatic heterocycles. The van der Waals surface area contributed by atoms with Gasteiger partial charge in [0, 0.05) is 47.4 Å². The van der Waals surface area contributed by atoms with Crippen LogP contribution in [0.5, 0.6) is 11.5 Å². The molecule has 2 unspecified atom stereocenters. The Labute approximate surface area is 218 Å². The second kappa shape index (κ2) is 8.20. The minimum absolute atomic E-state index is 0.428. The zero-order valence-corrected chi connectivity index (χ0v) is 20.8. The highest BCUT2D eigenvalue weighted by atomic mass is 16.8. The van der Waals surface area contributed by atoms with Crippen molar-refractivity contribution in [1.29, 1.82) is 0 Å². The average molecular weight is 487 g/mol. The van der Waals surface area contributed by atoms with Crippen molar-refractivity contribution >= 4 is 0 Å². The maximum Gasteiger partial charge on any atom is 0.388 e. The van der Waals surface area contributed by atoms with Gasteiger partial charge in [0.15, 0.2) is 0 Å². The van der Waals surface area contributed by atoms with E-state index in [9.17, 15) is 0 Å². The van der Waals surface area contributed by atoms with Gasteiger partial charge in [0.25, 0.3) is 0 Å². The van der Waals surface area contributed by atoms with Crippen molar-refractivity contribution in [2.24, 2.45) is 0 Å². The van der Waals surface area contributed by atoms with Crippen LogP contribution in [0.4, 0.5) is 0 Å². The van der Waals surface area contributed by atoms with Crippen LogP contribution in [-0.4, -0.2) is 27.9 Å². The molecule has 1 spiro atoms. The Hall–Kier alpha value is -3.60. The molecule has 4 nitrogen and oxygen atoms in total. The molecular weight excluding hydrogens is 456 g/mol. The summed E-state index contributed by atoms with van der Waals surface area (Å²) < 4.78 is 14.4. The SMILES string of the molecule is c1ccc(-c2cccc3c2OC24Oc5c(cccc5-c5ccccc5)CN2[C@@H]2CCCCC2N4C3)cc1. The number of ether oxygens (including phenoxy) is 2. The first-order valence-corrected chi connectivity index (χ1v) is 13.6. The van der Waals surface area contributed by atoms with Crippen molar-refractivity contribution < 1.29 is 9.47 Å². The summed E-state index contributed by atoms with van der Waals surface area (Å²) >= 11 is 0. The number of benzene rings is 4. The first-order valence-electron chi connectivity index (χ1n) is 13.6. The van der Waals surface area contributed by atoms with Crippen molar-refractivity contribution in [3.05, 3.63) is 108 Å². The molecule has 184 valence electrons. The summed E-state index contributed by atoms with van der Waals surface area (Å²) in [4.78, 5) is 5.05. The Morgan fingerprint density at radius 3 is 1.46 bits per heavy atom. The van der Waals surface area contributed by atoms with Crippen molar-refractivity contribution in [3.8, 4) is 33.8 Å². The molecular formula is C33H30N2O2. The van der Waals surface area contributed by atoms with E-state index in [1.165, 1.54) is 47.9 Å². The highest BCUT2D eigenvalue weighted by Gasteiger charge is 2.65. The van der Waals surface area contributed by atoms with Crippen LogP contribution in [0.15, 0.2) is 97.1 Å².